The number of hydrogen-bond donors (Lipinski definition) is 1. The van der Waals surface area contributed by atoms with Gasteiger partial charge in [0.25, 0.3) is 0 Å². The Balaban J connectivity index is 1.56. The van der Waals surface area contributed by atoms with Crippen LogP contribution in [0.3, 0.4) is 0 Å². The number of fused-ring (bicyclic) bond motifs is 2. The number of rotatable bonds is 4. The van der Waals surface area contributed by atoms with Gasteiger partial charge in [0.2, 0.25) is 0 Å². The van der Waals surface area contributed by atoms with Crippen molar-refractivity contribution in [2.24, 2.45) is 0 Å². The smallest absolute Gasteiger partial charge is 0.164 e. The van der Waals surface area contributed by atoms with E-state index < -0.39 is 6.10 Å². The number of aliphatic hydroxyl groups excluding tert-OH is 1. The van der Waals surface area contributed by atoms with E-state index in [1.54, 1.807) is 14.0 Å². The van der Waals surface area contributed by atoms with Gasteiger partial charge in [-0.05, 0) is 25.5 Å². The number of nitrogens with zero attached hydrogens (tertiary/aromatic N) is 3. The first kappa shape index (κ1) is 18.1. The lowest BCUT2D eigenvalue weighted by atomic mass is 10.1. The van der Waals surface area contributed by atoms with Crippen molar-refractivity contribution in [1.29, 1.82) is 0 Å². The fraction of sp³-hybridized carbons (Fsp3) is 0.550. The van der Waals surface area contributed by atoms with Gasteiger partial charge in [0.05, 0.1) is 37.8 Å². The van der Waals surface area contributed by atoms with E-state index in [1.165, 1.54) is 0 Å². The van der Waals surface area contributed by atoms with Gasteiger partial charge in [-0.15, -0.1) is 0 Å². The third kappa shape index (κ3) is 3.89. The summed E-state index contributed by atoms with van der Waals surface area (Å²) in [5.74, 6) is 2.37. The highest BCUT2D eigenvalue weighted by molar-refractivity contribution is 5.51. The van der Waals surface area contributed by atoms with Crippen molar-refractivity contribution in [3.63, 3.8) is 0 Å². The van der Waals surface area contributed by atoms with E-state index in [4.69, 9.17) is 14.2 Å². The highest BCUT2D eigenvalue weighted by atomic mass is 16.5. The maximum atomic E-state index is 9.82. The largest absolute Gasteiger partial charge is 0.496 e. The van der Waals surface area contributed by atoms with Crippen molar-refractivity contribution in [3.8, 4) is 17.2 Å². The number of aromatic nitrogens is 2. The SMILES string of the molecule is COc1cc2c(cc1CN1CCCn3nc(C(C)O)cc3C1)OCCCO2. The monoisotopic (exact) mass is 373 g/mol. The van der Waals surface area contributed by atoms with Crippen LogP contribution < -0.4 is 14.2 Å². The Labute approximate surface area is 159 Å². The van der Waals surface area contributed by atoms with Crippen LogP contribution in [0, 0.1) is 0 Å². The Morgan fingerprint density at radius 2 is 1.93 bits per heavy atom. The Bertz CT molecular complexity index is 803. The van der Waals surface area contributed by atoms with Crippen molar-refractivity contribution >= 4 is 0 Å². The molecule has 0 spiro atoms. The molecule has 7 heteroatoms. The molecule has 0 amide bonds. The Morgan fingerprint density at radius 1 is 1.15 bits per heavy atom. The molecule has 1 aromatic heterocycles. The lowest BCUT2D eigenvalue weighted by Gasteiger charge is -2.22. The molecule has 4 rings (SSSR count). The molecule has 2 aromatic rings. The summed E-state index contributed by atoms with van der Waals surface area (Å²) in [4.78, 5) is 2.38. The maximum absolute atomic E-state index is 9.82. The van der Waals surface area contributed by atoms with Gasteiger partial charge in [-0.1, -0.05) is 0 Å². The summed E-state index contributed by atoms with van der Waals surface area (Å²) >= 11 is 0. The average Bonchev–Trinajstić information content (AvgIpc) is 2.81. The molecule has 1 atom stereocenters. The Kier molecular flexibility index (Phi) is 5.22. The number of methoxy groups -OCH3 is 1. The van der Waals surface area contributed by atoms with Gasteiger partial charge in [-0.2, -0.15) is 5.10 Å². The first-order valence-corrected chi connectivity index (χ1v) is 9.57. The molecule has 146 valence electrons. The van der Waals surface area contributed by atoms with Gasteiger partial charge in [0.15, 0.2) is 11.5 Å². The molecule has 0 radical (unpaired) electrons. The number of hydrogen-bond acceptors (Lipinski definition) is 6. The molecule has 0 fully saturated rings. The minimum Gasteiger partial charge on any atom is -0.496 e. The highest BCUT2D eigenvalue weighted by Crippen LogP contribution is 2.37. The zero-order valence-corrected chi connectivity index (χ0v) is 16.0. The van der Waals surface area contributed by atoms with Gasteiger partial charge in [-0.25, -0.2) is 0 Å². The van der Waals surface area contributed by atoms with Crippen molar-refractivity contribution < 1.29 is 19.3 Å². The second kappa shape index (κ2) is 7.78. The van der Waals surface area contributed by atoms with Crippen LogP contribution in [-0.4, -0.2) is 46.7 Å². The van der Waals surface area contributed by atoms with Crippen LogP contribution in [0.25, 0.3) is 0 Å². The molecule has 7 nitrogen and oxygen atoms in total. The predicted octanol–water partition coefficient (Wildman–Crippen LogP) is 2.51. The first-order chi connectivity index (χ1) is 13.1. The molecule has 0 saturated heterocycles. The molecule has 0 saturated carbocycles. The molecule has 0 bridgehead atoms. The molecule has 27 heavy (non-hydrogen) atoms. The van der Waals surface area contributed by atoms with Crippen LogP contribution in [0.5, 0.6) is 17.2 Å². The summed E-state index contributed by atoms with van der Waals surface area (Å²) in [7, 11) is 1.69. The van der Waals surface area contributed by atoms with E-state index in [2.05, 4.69) is 10.00 Å². The van der Waals surface area contributed by atoms with Gasteiger partial charge in [-0.3, -0.25) is 9.58 Å². The van der Waals surface area contributed by atoms with Crippen LogP contribution in [0.1, 0.15) is 42.8 Å². The lowest BCUT2D eigenvalue weighted by Crippen LogP contribution is -2.23. The number of ether oxygens (including phenoxy) is 3. The number of aliphatic hydroxyl groups is 1. The van der Waals surface area contributed by atoms with Gasteiger partial charge >= 0.3 is 0 Å². The van der Waals surface area contributed by atoms with E-state index in [0.29, 0.717) is 13.2 Å². The van der Waals surface area contributed by atoms with Crippen LogP contribution in [0.15, 0.2) is 18.2 Å². The molecule has 2 aliphatic rings. The van der Waals surface area contributed by atoms with Crippen LogP contribution in [0.4, 0.5) is 0 Å². The Morgan fingerprint density at radius 3 is 2.67 bits per heavy atom. The highest BCUT2D eigenvalue weighted by Gasteiger charge is 2.21. The van der Waals surface area contributed by atoms with Crippen molar-refractivity contribution in [1.82, 2.24) is 14.7 Å². The van der Waals surface area contributed by atoms with E-state index in [9.17, 15) is 5.11 Å². The van der Waals surface area contributed by atoms with Gasteiger partial charge in [0.1, 0.15) is 5.75 Å². The minimum atomic E-state index is -0.542. The molecule has 1 unspecified atom stereocenters. The normalized spacial score (nSPS) is 18.3. The summed E-state index contributed by atoms with van der Waals surface area (Å²) < 4.78 is 19.3. The molecule has 2 aliphatic heterocycles. The molecule has 1 N–H and O–H groups in total. The molecule has 0 aliphatic carbocycles. The van der Waals surface area contributed by atoms with Crippen molar-refractivity contribution in [2.75, 3.05) is 26.9 Å². The van der Waals surface area contributed by atoms with Gasteiger partial charge in [0, 0.05) is 44.2 Å². The second-order valence-corrected chi connectivity index (χ2v) is 7.19. The number of aryl methyl sites for hydroxylation is 1. The fourth-order valence-corrected chi connectivity index (χ4v) is 3.68. The molecular weight excluding hydrogens is 346 g/mol. The van der Waals surface area contributed by atoms with E-state index >= 15 is 0 Å². The molecule has 1 aromatic carbocycles. The van der Waals surface area contributed by atoms with E-state index in [0.717, 1.165) is 73.2 Å². The second-order valence-electron chi connectivity index (χ2n) is 7.19. The average molecular weight is 373 g/mol. The zero-order chi connectivity index (χ0) is 18.8. The summed E-state index contributed by atoms with van der Waals surface area (Å²) in [6.07, 6.45) is 1.36. The molecule has 3 heterocycles. The third-order valence-electron chi connectivity index (χ3n) is 5.08. The van der Waals surface area contributed by atoms with E-state index in [-0.39, 0.29) is 0 Å². The summed E-state index contributed by atoms with van der Waals surface area (Å²) in [6.45, 7) is 6.48. The first-order valence-electron chi connectivity index (χ1n) is 9.57. The van der Waals surface area contributed by atoms with Crippen molar-refractivity contribution in [2.45, 2.75) is 45.5 Å². The summed E-state index contributed by atoms with van der Waals surface area (Å²) in [5.41, 5.74) is 2.96. The Hall–Kier alpha value is -2.25. The quantitative estimate of drug-likeness (QED) is 0.888. The third-order valence-corrected chi connectivity index (χ3v) is 5.08. The summed E-state index contributed by atoms with van der Waals surface area (Å²) in [6, 6.07) is 5.99. The fourth-order valence-electron chi connectivity index (χ4n) is 3.68. The van der Waals surface area contributed by atoms with Crippen LogP contribution >= 0.6 is 0 Å². The van der Waals surface area contributed by atoms with E-state index in [1.807, 2.05) is 22.9 Å². The number of benzene rings is 1. The zero-order valence-electron chi connectivity index (χ0n) is 16.0. The molecular formula is C20H27N3O4. The summed E-state index contributed by atoms with van der Waals surface area (Å²) in [5, 5.41) is 14.3. The topological polar surface area (TPSA) is 69.0 Å². The van der Waals surface area contributed by atoms with Crippen LogP contribution in [0.2, 0.25) is 0 Å². The van der Waals surface area contributed by atoms with Gasteiger partial charge < -0.3 is 19.3 Å². The standard InChI is InChI=1S/C20H27N3O4/c1-14(24)17-10-16-13-22(5-3-6-23(16)21-17)12-15-9-19-20(11-18(15)25-2)27-8-4-7-26-19/h9-11,14,24H,3-8,12-13H2,1-2H3. The van der Waals surface area contributed by atoms with Crippen LogP contribution in [-0.2, 0) is 19.6 Å². The van der Waals surface area contributed by atoms with Crippen molar-refractivity contribution in [3.05, 3.63) is 35.2 Å². The minimum absolute atomic E-state index is 0.542. The maximum Gasteiger partial charge on any atom is 0.164 e. The lowest BCUT2D eigenvalue weighted by molar-refractivity contribution is 0.193. The predicted molar refractivity (Wildman–Crippen MR) is 100 cm³/mol.